The van der Waals surface area contributed by atoms with Crippen LogP contribution in [-0.2, 0) is 27.4 Å². The molecule has 4 aromatic rings. The minimum atomic E-state index is -0.133. The Kier molecular flexibility index (Phi) is 11.8. The SMILES string of the molecule is COc1cc(-c2nccc(-c3cccc(-c4ccc(CNC[C@H]5CCC(=O)N5)c(OC)n4)c3Cl)c2Cl)ccc1CN1CC[C@@H](C(=O)OC(C)C)C1. The highest BCUT2D eigenvalue weighted by atomic mass is 35.5. The van der Waals surface area contributed by atoms with Gasteiger partial charge in [-0.15, -0.1) is 0 Å². The molecule has 2 fully saturated rings. The van der Waals surface area contributed by atoms with Crippen molar-refractivity contribution < 1.29 is 23.8 Å². The third kappa shape index (κ3) is 8.47. The van der Waals surface area contributed by atoms with Gasteiger partial charge in [0.2, 0.25) is 11.8 Å². The van der Waals surface area contributed by atoms with Gasteiger partial charge in [0.1, 0.15) is 5.75 Å². The number of aromatic nitrogens is 2. The fraction of sp³-hybridized carbons (Fsp3) is 0.385. The molecule has 268 valence electrons. The van der Waals surface area contributed by atoms with Crippen molar-refractivity contribution in [1.29, 1.82) is 0 Å². The van der Waals surface area contributed by atoms with E-state index in [4.69, 9.17) is 42.4 Å². The maximum absolute atomic E-state index is 12.4. The molecule has 10 nitrogen and oxygen atoms in total. The molecule has 2 saturated heterocycles. The molecule has 1 amide bonds. The molecule has 0 spiro atoms. The van der Waals surface area contributed by atoms with Crippen molar-refractivity contribution in [2.45, 2.75) is 58.3 Å². The molecule has 6 rings (SSSR count). The molecule has 0 saturated carbocycles. The van der Waals surface area contributed by atoms with Gasteiger partial charge in [-0.25, -0.2) is 4.98 Å². The number of esters is 1. The van der Waals surface area contributed by atoms with E-state index < -0.39 is 0 Å². The summed E-state index contributed by atoms with van der Waals surface area (Å²) in [5, 5.41) is 7.33. The molecule has 0 bridgehead atoms. The van der Waals surface area contributed by atoms with E-state index in [0.29, 0.717) is 65.7 Å². The number of pyridine rings is 2. The Balaban J connectivity index is 1.20. The van der Waals surface area contributed by atoms with Gasteiger partial charge in [-0.1, -0.05) is 59.6 Å². The lowest BCUT2D eigenvalue weighted by molar-refractivity contribution is -0.151. The molecule has 0 unspecified atom stereocenters. The number of benzene rings is 2. The molecule has 2 N–H and O–H groups in total. The van der Waals surface area contributed by atoms with E-state index in [1.807, 2.05) is 68.4 Å². The lowest BCUT2D eigenvalue weighted by atomic mass is 9.99. The van der Waals surface area contributed by atoms with Crippen molar-refractivity contribution in [2.75, 3.05) is 33.9 Å². The van der Waals surface area contributed by atoms with Crippen molar-refractivity contribution in [1.82, 2.24) is 25.5 Å². The highest BCUT2D eigenvalue weighted by Crippen LogP contribution is 2.42. The van der Waals surface area contributed by atoms with Gasteiger partial charge in [-0.05, 0) is 51.4 Å². The van der Waals surface area contributed by atoms with Crippen LogP contribution in [0.2, 0.25) is 10.0 Å². The zero-order valence-electron chi connectivity index (χ0n) is 29.3. The summed E-state index contributed by atoms with van der Waals surface area (Å²) in [6.07, 6.45) is 3.78. The van der Waals surface area contributed by atoms with Crippen LogP contribution in [0.25, 0.3) is 33.6 Å². The third-order valence-corrected chi connectivity index (χ3v) is 10.1. The molecule has 4 heterocycles. The molecule has 0 aliphatic carbocycles. The van der Waals surface area contributed by atoms with E-state index in [1.165, 1.54) is 0 Å². The zero-order chi connectivity index (χ0) is 36.1. The van der Waals surface area contributed by atoms with Crippen LogP contribution in [0.5, 0.6) is 11.6 Å². The van der Waals surface area contributed by atoms with Crippen LogP contribution < -0.4 is 20.1 Å². The van der Waals surface area contributed by atoms with Gasteiger partial charge >= 0.3 is 5.97 Å². The number of nitrogens with zero attached hydrogens (tertiary/aromatic N) is 3. The van der Waals surface area contributed by atoms with Crippen LogP contribution >= 0.6 is 23.2 Å². The van der Waals surface area contributed by atoms with E-state index in [-0.39, 0.29) is 29.9 Å². The van der Waals surface area contributed by atoms with Crippen molar-refractivity contribution in [3.05, 3.63) is 82.0 Å². The Labute approximate surface area is 308 Å². The number of hydrogen-bond acceptors (Lipinski definition) is 9. The second-order valence-corrected chi connectivity index (χ2v) is 14.0. The van der Waals surface area contributed by atoms with Crippen LogP contribution in [0.15, 0.2) is 60.8 Å². The van der Waals surface area contributed by atoms with Crippen molar-refractivity contribution in [2.24, 2.45) is 5.92 Å². The number of rotatable bonds is 13. The van der Waals surface area contributed by atoms with E-state index in [2.05, 4.69) is 20.5 Å². The monoisotopic (exact) mass is 731 g/mol. The Hall–Kier alpha value is -4.22. The number of methoxy groups -OCH3 is 2. The summed E-state index contributed by atoms with van der Waals surface area (Å²) in [5.41, 5.74) is 6.20. The van der Waals surface area contributed by atoms with E-state index in [9.17, 15) is 9.59 Å². The molecule has 51 heavy (non-hydrogen) atoms. The van der Waals surface area contributed by atoms with Gasteiger partial charge in [0, 0.05) is 78.2 Å². The maximum Gasteiger partial charge on any atom is 0.310 e. The summed E-state index contributed by atoms with van der Waals surface area (Å²) < 4.78 is 16.9. The Bertz CT molecular complexity index is 1900. The normalized spacial score (nSPS) is 17.5. The largest absolute Gasteiger partial charge is 0.496 e. The topological polar surface area (TPSA) is 115 Å². The van der Waals surface area contributed by atoms with Crippen LogP contribution in [0.1, 0.15) is 44.2 Å². The molecular formula is C39H43Cl2N5O5. The number of hydrogen-bond donors (Lipinski definition) is 2. The molecule has 2 aromatic carbocycles. The number of carbonyl (C=O) groups excluding carboxylic acids is 2. The van der Waals surface area contributed by atoms with Crippen LogP contribution in [0, 0.1) is 5.92 Å². The first-order valence-electron chi connectivity index (χ1n) is 17.2. The van der Waals surface area contributed by atoms with Gasteiger partial charge in [0.25, 0.3) is 0 Å². The number of amides is 1. The zero-order valence-corrected chi connectivity index (χ0v) is 30.8. The minimum Gasteiger partial charge on any atom is -0.496 e. The van der Waals surface area contributed by atoms with Crippen LogP contribution in [0.4, 0.5) is 0 Å². The van der Waals surface area contributed by atoms with E-state index in [0.717, 1.165) is 52.8 Å². The summed E-state index contributed by atoms with van der Waals surface area (Å²) in [5.74, 6) is 1.06. The highest BCUT2D eigenvalue weighted by Gasteiger charge is 2.30. The number of carbonyl (C=O) groups is 2. The quantitative estimate of drug-likeness (QED) is 0.141. The first kappa shape index (κ1) is 36.6. The molecule has 2 aromatic heterocycles. The molecular weight excluding hydrogens is 689 g/mol. The van der Waals surface area contributed by atoms with Crippen molar-refractivity contribution >= 4 is 35.1 Å². The summed E-state index contributed by atoms with van der Waals surface area (Å²) in [6.45, 7) is 7.07. The summed E-state index contributed by atoms with van der Waals surface area (Å²) in [6, 6.07) is 17.6. The van der Waals surface area contributed by atoms with Crippen molar-refractivity contribution in [3.63, 3.8) is 0 Å². The molecule has 2 atom stereocenters. The summed E-state index contributed by atoms with van der Waals surface area (Å²) >= 11 is 14.2. The lowest BCUT2D eigenvalue weighted by Crippen LogP contribution is -2.35. The smallest absolute Gasteiger partial charge is 0.310 e. The van der Waals surface area contributed by atoms with Gasteiger partial charge < -0.3 is 24.8 Å². The first-order valence-corrected chi connectivity index (χ1v) is 18.0. The number of halogens is 2. The van der Waals surface area contributed by atoms with Crippen LogP contribution in [-0.4, -0.2) is 72.7 Å². The summed E-state index contributed by atoms with van der Waals surface area (Å²) in [7, 11) is 3.24. The van der Waals surface area contributed by atoms with E-state index in [1.54, 1.807) is 20.4 Å². The van der Waals surface area contributed by atoms with Crippen LogP contribution in [0.3, 0.4) is 0 Å². The fourth-order valence-corrected chi connectivity index (χ4v) is 7.34. The summed E-state index contributed by atoms with van der Waals surface area (Å²) in [4.78, 5) is 35.7. The van der Waals surface area contributed by atoms with Gasteiger partial charge in [-0.3, -0.25) is 19.5 Å². The number of likely N-dealkylation sites (tertiary alicyclic amines) is 1. The Morgan fingerprint density at radius 1 is 1.00 bits per heavy atom. The Morgan fingerprint density at radius 3 is 2.53 bits per heavy atom. The van der Waals surface area contributed by atoms with Crippen molar-refractivity contribution in [3.8, 4) is 45.3 Å². The standard InChI is InChI=1S/C39H43Cl2N5O5/c1-23(2)51-39(48)27-15-17-46(22-27)21-26-9-8-24(18-33(26)49-3)37-36(41)30(14-16-43-37)29-6-5-7-31(35(29)40)32-12-10-25(38(45-32)50-4)19-42-20-28-11-13-34(47)44-28/h5-10,12,14,16,18,23,27-28,42H,11,13,15,17,19-22H2,1-4H3,(H,44,47)/t27-,28-/m1/s1. The average molecular weight is 733 g/mol. The minimum absolute atomic E-state index is 0.0967. The molecule has 12 heteroatoms. The molecule has 2 aliphatic heterocycles. The maximum atomic E-state index is 12.4. The predicted octanol–water partition coefficient (Wildman–Crippen LogP) is 6.94. The second-order valence-electron chi connectivity index (χ2n) is 13.2. The van der Waals surface area contributed by atoms with Gasteiger partial charge in [-0.2, -0.15) is 0 Å². The first-order chi connectivity index (χ1) is 24.6. The molecule has 0 radical (unpaired) electrons. The second kappa shape index (κ2) is 16.4. The number of nitrogens with one attached hydrogen (secondary N) is 2. The average Bonchev–Trinajstić information content (AvgIpc) is 3.77. The van der Waals surface area contributed by atoms with Gasteiger partial charge in [0.15, 0.2) is 0 Å². The fourth-order valence-electron chi connectivity index (χ4n) is 6.69. The Morgan fingerprint density at radius 2 is 1.78 bits per heavy atom. The predicted molar refractivity (Wildman–Crippen MR) is 199 cm³/mol. The molecule has 2 aliphatic rings. The third-order valence-electron chi connectivity index (χ3n) is 9.29. The lowest BCUT2D eigenvalue weighted by Gasteiger charge is -2.19. The van der Waals surface area contributed by atoms with E-state index >= 15 is 0 Å². The van der Waals surface area contributed by atoms with Gasteiger partial charge in [0.05, 0.1) is 47.7 Å². The number of ether oxygens (including phenoxy) is 3. The highest BCUT2D eigenvalue weighted by molar-refractivity contribution is 6.39.